The average molecular weight is 309 g/mol. The Bertz CT molecular complexity index is 564. The molecule has 6 heteroatoms. The molecule has 0 atom stereocenters. The summed E-state index contributed by atoms with van der Waals surface area (Å²) in [5, 5.41) is 30.3. The van der Waals surface area contributed by atoms with Crippen molar-refractivity contribution in [1.29, 1.82) is 0 Å². The molecule has 0 unspecified atom stereocenters. The van der Waals surface area contributed by atoms with Gasteiger partial charge in [0, 0.05) is 23.9 Å². The van der Waals surface area contributed by atoms with Crippen LogP contribution in [-0.2, 0) is 4.74 Å². The smallest absolute Gasteiger partial charge is 0.338 e. The molecule has 0 aliphatic carbocycles. The molecule has 3 N–H and O–H groups in total. The summed E-state index contributed by atoms with van der Waals surface area (Å²) in [4.78, 5) is 12.2. The molecule has 1 aromatic rings. The van der Waals surface area contributed by atoms with Gasteiger partial charge < -0.3 is 20.2 Å². The van der Waals surface area contributed by atoms with Crippen molar-refractivity contribution in [3.63, 3.8) is 0 Å². The van der Waals surface area contributed by atoms with Crippen LogP contribution in [0.25, 0.3) is 0 Å². The lowest BCUT2D eigenvalue weighted by atomic mass is 9.80. The number of carbonyl (C=O) groups is 1. The summed E-state index contributed by atoms with van der Waals surface area (Å²) in [5.41, 5.74) is -0.842. The molecular formula is C16H23NO5. The highest BCUT2D eigenvalue weighted by Gasteiger charge is 2.46. The number of hydrogen-bond donors (Lipinski definition) is 3. The van der Waals surface area contributed by atoms with E-state index in [2.05, 4.69) is 0 Å². The predicted octanol–water partition coefficient (Wildman–Crippen LogP) is 2.67. The predicted molar refractivity (Wildman–Crippen MR) is 80.0 cm³/mol. The highest BCUT2D eigenvalue weighted by Crippen LogP contribution is 2.38. The minimum absolute atomic E-state index is 0.178. The second-order valence-corrected chi connectivity index (χ2v) is 7.08. The first kappa shape index (κ1) is 16.6. The van der Waals surface area contributed by atoms with Gasteiger partial charge in [0.25, 0.3) is 0 Å². The Morgan fingerprint density at radius 3 is 2.18 bits per heavy atom. The van der Waals surface area contributed by atoms with Crippen LogP contribution >= 0.6 is 0 Å². The molecule has 0 saturated carbocycles. The van der Waals surface area contributed by atoms with Crippen LogP contribution in [0.1, 0.15) is 50.9 Å². The normalized spacial score (nSPS) is 21.5. The van der Waals surface area contributed by atoms with Gasteiger partial charge >= 0.3 is 5.97 Å². The zero-order valence-corrected chi connectivity index (χ0v) is 13.3. The van der Waals surface area contributed by atoms with Crippen LogP contribution in [0.5, 0.6) is 11.5 Å². The number of ether oxygens (including phenoxy) is 1. The third-order valence-corrected chi connectivity index (χ3v) is 4.09. The lowest BCUT2D eigenvalue weighted by molar-refractivity contribution is -0.256. The van der Waals surface area contributed by atoms with E-state index in [1.807, 2.05) is 27.7 Å². The van der Waals surface area contributed by atoms with Crippen molar-refractivity contribution in [2.75, 3.05) is 0 Å². The standard InChI is InChI=1S/C16H23NO5/c1-15(2)8-11(9-16(3,4)17(15)21)22-14(20)10-5-6-12(18)13(19)7-10/h5-7,11,18-19,21H,8-9H2,1-4H3. The molecule has 6 nitrogen and oxygen atoms in total. The number of carbonyl (C=O) groups excluding carboxylic acids is 1. The molecule has 0 aromatic heterocycles. The summed E-state index contributed by atoms with van der Waals surface area (Å²) in [6.45, 7) is 7.56. The number of esters is 1. The van der Waals surface area contributed by atoms with E-state index in [0.717, 1.165) is 0 Å². The topological polar surface area (TPSA) is 90.2 Å². The maximum atomic E-state index is 12.2. The number of hydroxylamine groups is 2. The highest BCUT2D eigenvalue weighted by atomic mass is 16.5. The average Bonchev–Trinajstić information content (AvgIpc) is 2.38. The number of benzene rings is 1. The monoisotopic (exact) mass is 309 g/mol. The van der Waals surface area contributed by atoms with Crippen molar-refractivity contribution < 1.29 is 25.0 Å². The van der Waals surface area contributed by atoms with Crippen molar-refractivity contribution >= 4 is 5.97 Å². The summed E-state index contributed by atoms with van der Waals surface area (Å²) >= 11 is 0. The zero-order chi connectivity index (χ0) is 16.7. The number of aromatic hydroxyl groups is 2. The Labute approximate surface area is 129 Å². The molecule has 1 heterocycles. The first-order valence-electron chi connectivity index (χ1n) is 7.25. The quantitative estimate of drug-likeness (QED) is 0.575. The molecule has 1 aliphatic heterocycles. The van der Waals surface area contributed by atoms with Crippen LogP contribution in [0.2, 0.25) is 0 Å². The lowest BCUT2D eigenvalue weighted by Gasteiger charge is -2.50. The summed E-state index contributed by atoms with van der Waals surface area (Å²) in [6.07, 6.45) is 0.669. The summed E-state index contributed by atoms with van der Waals surface area (Å²) in [6, 6.07) is 3.82. The molecule has 22 heavy (non-hydrogen) atoms. The van der Waals surface area contributed by atoms with Crippen LogP contribution < -0.4 is 0 Å². The molecule has 1 fully saturated rings. The van der Waals surface area contributed by atoms with Gasteiger partial charge in [-0.15, -0.1) is 0 Å². The SMILES string of the molecule is CC1(C)CC(OC(=O)c2ccc(O)c(O)c2)CC(C)(C)N1O. The Kier molecular flexibility index (Phi) is 4.10. The third kappa shape index (κ3) is 3.18. The Morgan fingerprint density at radius 1 is 1.14 bits per heavy atom. The first-order chi connectivity index (χ1) is 10.0. The van der Waals surface area contributed by atoms with Gasteiger partial charge in [-0.1, -0.05) is 0 Å². The number of hydrogen-bond acceptors (Lipinski definition) is 6. The maximum Gasteiger partial charge on any atom is 0.338 e. The van der Waals surface area contributed by atoms with E-state index >= 15 is 0 Å². The number of phenolic OH excluding ortho intramolecular Hbond substituents is 2. The van der Waals surface area contributed by atoms with Gasteiger partial charge in [0.15, 0.2) is 11.5 Å². The van der Waals surface area contributed by atoms with E-state index in [9.17, 15) is 20.2 Å². The van der Waals surface area contributed by atoms with Crippen molar-refractivity contribution in [2.24, 2.45) is 0 Å². The molecule has 1 saturated heterocycles. The molecule has 2 rings (SSSR count). The van der Waals surface area contributed by atoms with Gasteiger partial charge in [0.05, 0.1) is 5.56 Å². The second-order valence-electron chi connectivity index (χ2n) is 7.08. The highest BCUT2D eigenvalue weighted by molar-refractivity contribution is 5.90. The van der Waals surface area contributed by atoms with Gasteiger partial charge in [0.2, 0.25) is 0 Å². The van der Waals surface area contributed by atoms with Gasteiger partial charge in [-0.3, -0.25) is 0 Å². The molecule has 0 spiro atoms. The van der Waals surface area contributed by atoms with Crippen LogP contribution in [-0.4, -0.2) is 43.6 Å². The summed E-state index contributed by atoms with van der Waals surface area (Å²) in [7, 11) is 0. The van der Waals surface area contributed by atoms with E-state index in [1.54, 1.807) is 0 Å². The van der Waals surface area contributed by atoms with Crippen molar-refractivity contribution in [1.82, 2.24) is 5.06 Å². The van der Waals surface area contributed by atoms with Crippen LogP contribution in [0, 0.1) is 0 Å². The largest absolute Gasteiger partial charge is 0.504 e. The van der Waals surface area contributed by atoms with E-state index in [4.69, 9.17) is 4.74 Å². The molecule has 0 bridgehead atoms. The lowest BCUT2D eigenvalue weighted by Crippen LogP contribution is -2.60. The van der Waals surface area contributed by atoms with Gasteiger partial charge in [-0.2, -0.15) is 5.06 Å². The zero-order valence-electron chi connectivity index (χ0n) is 13.3. The molecule has 0 radical (unpaired) electrons. The number of phenols is 2. The number of piperidine rings is 1. The van der Waals surface area contributed by atoms with E-state index in [-0.39, 0.29) is 23.2 Å². The molecule has 0 amide bonds. The third-order valence-electron chi connectivity index (χ3n) is 4.09. The Balaban J connectivity index is 2.13. The number of rotatable bonds is 2. The molecule has 1 aliphatic rings. The van der Waals surface area contributed by atoms with Crippen LogP contribution in [0.4, 0.5) is 0 Å². The Hall–Kier alpha value is -1.79. The van der Waals surface area contributed by atoms with Gasteiger partial charge in [-0.05, 0) is 45.9 Å². The number of nitrogens with zero attached hydrogens (tertiary/aromatic N) is 1. The minimum atomic E-state index is -0.557. The fourth-order valence-electron chi connectivity index (χ4n) is 3.13. The van der Waals surface area contributed by atoms with Crippen molar-refractivity contribution in [3.05, 3.63) is 23.8 Å². The fraction of sp³-hybridized carbons (Fsp3) is 0.562. The summed E-state index contributed by atoms with van der Waals surface area (Å²) in [5.74, 6) is -1.20. The fourth-order valence-corrected chi connectivity index (χ4v) is 3.13. The van der Waals surface area contributed by atoms with Crippen molar-refractivity contribution in [3.8, 4) is 11.5 Å². The van der Waals surface area contributed by atoms with Crippen LogP contribution in [0.15, 0.2) is 18.2 Å². The first-order valence-corrected chi connectivity index (χ1v) is 7.25. The Morgan fingerprint density at radius 2 is 1.68 bits per heavy atom. The van der Waals surface area contributed by atoms with Gasteiger partial charge in [-0.25, -0.2) is 4.79 Å². The summed E-state index contributed by atoms with van der Waals surface area (Å²) < 4.78 is 5.52. The minimum Gasteiger partial charge on any atom is -0.504 e. The molecule has 122 valence electrons. The van der Waals surface area contributed by atoms with Crippen LogP contribution in [0.3, 0.4) is 0 Å². The van der Waals surface area contributed by atoms with Crippen molar-refractivity contribution in [2.45, 2.75) is 57.7 Å². The van der Waals surface area contributed by atoms with E-state index in [0.29, 0.717) is 12.8 Å². The maximum absolute atomic E-state index is 12.2. The van der Waals surface area contributed by atoms with Gasteiger partial charge in [0.1, 0.15) is 6.10 Å². The molecule has 1 aromatic carbocycles. The van der Waals surface area contributed by atoms with E-state index in [1.165, 1.54) is 23.3 Å². The second kappa shape index (κ2) is 5.44. The van der Waals surface area contributed by atoms with E-state index < -0.39 is 17.0 Å². The molecular weight excluding hydrogens is 286 g/mol.